The van der Waals surface area contributed by atoms with Gasteiger partial charge >= 0.3 is 0 Å². The quantitative estimate of drug-likeness (QED) is 0.670. The van der Waals surface area contributed by atoms with Crippen molar-refractivity contribution in [2.24, 2.45) is 5.73 Å². The number of aromatic nitrogens is 2. The number of aryl methyl sites for hydroxylation is 1. The second kappa shape index (κ2) is 6.29. The number of hydrogen-bond donors (Lipinski definition) is 3. The number of amides is 1. The van der Waals surface area contributed by atoms with Gasteiger partial charge in [-0.25, -0.2) is 4.39 Å². The van der Waals surface area contributed by atoms with Gasteiger partial charge in [-0.1, -0.05) is 6.07 Å². The van der Waals surface area contributed by atoms with E-state index in [4.69, 9.17) is 5.73 Å². The molecule has 124 valence electrons. The van der Waals surface area contributed by atoms with Crippen LogP contribution < -0.4 is 11.1 Å². The molecule has 1 aromatic carbocycles. The zero-order valence-electron chi connectivity index (χ0n) is 13.1. The zero-order chi connectivity index (χ0) is 17.3. The van der Waals surface area contributed by atoms with E-state index in [1.165, 1.54) is 6.07 Å². The summed E-state index contributed by atoms with van der Waals surface area (Å²) < 4.78 is 15.8. The lowest BCUT2D eigenvalue weighted by Crippen LogP contribution is -2.19. The monoisotopic (exact) mass is 328 g/mol. The van der Waals surface area contributed by atoms with Crippen molar-refractivity contribution in [2.45, 2.75) is 13.5 Å². The van der Waals surface area contributed by atoms with E-state index >= 15 is 0 Å². The van der Waals surface area contributed by atoms with E-state index < -0.39 is 11.7 Å². The van der Waals surface area contributed by atoms with Gasteiger partial charge in [0, 0.05) is 24.3 Å². The van der Waals surface area contributed by atoms with Crippen LogP contribution >= 0.6 is 0 Å². The predicted octanol–water partition coefficient (Wildman–Crippen LogP) is 2.32. The van der Waals surface area contributed by atoms with Gasteiger partial charge in [-0.3, -0.25) is 9.78 Å². The molecule has 0 fully saturated rings. The third-order valence-electron chi connectivity index (χ3n) is 3.81. The average Bonchev–Trinajstić information content (AvgIpc) is 2.85. The Morgan fingerprint density at radius 3 is 2.88 bits per heavy atom. The molecule has 6 nitrogen and oxygen atoms in total. The normalized spacial score (nSPS) is 11.0. The summed E-state index contributed by atoms with van der Waals surface area (Å²) in [6, 6.07) is 6.48. The Hall–Kier alpha value is -2.93. The first-order valence-corrected chi connectivity index (χ1v) is 7.43. The van der Waals surface area contributed by atoms with Crippen LogP contribution in [0.25, 0.3) is 10.9 Å². The predicted molar refractivity (Wildman–Crippen MR) is 89.8 cm³/mol. The van der Waals surface area contributed by atoms with E-state index in [1.807, 2.05) is 0 Å². The highest BCUT2D eigenvalue weighted by Gasteiger charge is 2.22. The standard InChI is InChI=1S/C17H17FN4O2/c1-10-2-3-13(12(18)8-10)21-15-11-9-20-5-4-14(11)22(6-7-23)16(15)17(19)24/h2-5,8-9,21,23H,6-7H2,1H3,(H2,19,24). The van der Waals surface area contributed by atoms with Gasteiger partial charge in [-0.05, 0) is 30.7 Å². The number of anilines is 2. The Morgan fingerprint density at radius 1 is 1.42 bits per heavy atom. The number of rotatable bonds is 5. The Labute approximate surface area is 137 Å². The molecule has 3 aromatic rings. The first kappa shape index (κ1) is 15.9. The maximum absolute atomic E-state index is 14.2. The van der Waals surface area contributed by atoms with Crippen molar-refractivity contribution in [3.8, 4) is 0 Å². The molecule has 24 heavy (non-hydrogen) atoms. The molecule has 0 bridgehead atoms. The maximum atomic E-state index is 14.2. The topological polar surface area (TPSA) is 93.2 Å². The van der Waals surface area contributed by atoms with Crippen molar-refractivity contribution in [1.29, 1.82) is 0 Å². The minimum Gasteiger partial charge on any atom is -0.395 e. The fourth-order valence-corrected chi connectivity index (χ4v) is 2.77. The van der Waals surface area contributed by atoms with Crippen molar-refractivity contribution in [3.05, 3.63) is 53.7 Å². The molecule has 0 unspecified atom stereocenters. The molecule has 2 heterocycles. The Morgan fingerprint density at radius 2 is 2.21 bits per heavy atom. The highest BCUT2D eigenvalue weighted by molar-refractivity contribution is 6.09. The second-order valence-corrected chi connectivity index (χ2v) is 5.46. The Bertz CT molecular complexity index is 920. The van der Waals surface area contributed by atoms with Crippen LogP contribution in [-0.2, 0) is 6.54 Å². The summed E-state index contributed by atoms with van der Waals surface area (Å²) in [5, 5.41) is 12.9. The Kier molecular flexibility index (Phi) is 4.18. The van der Waals surface area contributed by atoms with E-state index in [2.05, 4.69) is 10.3 Å². The van der Waals surface area contributed by atoms with Crippen LogP contribution in [0.2, 0.25) is 0 Å². The molecule has 0 saturated carbocycles. The molecule has 1 amide bonds. The summed E-state index contributed by atoms with van der Waals surface area (Å²) in [6.07, 6.45) is 3.15. The summed E-state index contributed by atoms with van der Waals surface area (Å²) in [5.74, 6) is -1.10. The number of aliphatic hydroxyl groups excluding tert-OH is 1. The number of nitrogens with one attached hydrogen (secondary N) is 1. The molecular formula is C17H17FN4O2. The number of hydrogen-bond acceptors (Lipinski definition) is 4. The fourth-order valence-electron chi connectivity index (χ4n) is 2.77. The number of nitrogens with two attached hydrogens (primary N) is 1. The molecule has 0 aliphatic heterocycles. The highest BCUT2D eigenvalue weighted by Crippen LogP contribution is 2.33. The largest absolute Gasteiger partial charge is 0.395 e. The number of carbonyl (C=O) groups excluding carboxylic acids is 1. The fraction of sp³-hybridized carbons (Fsp3) is 0.176. The van der Waals surface area contributed by atoms with Crippen molar-refractivity contribution < 1.29 is 14.3 Å². The molecule has 3 rings (SSSR count). The number of fused-ring (bicyclic) bond motifs is 1. The van der Waals surface area contributed by atoms with Crippen LogP contribution in [0.5, 0.6) is 0 Å². The van der Waals surface area contributed by atoms with Gasteiger partial charge < -0.3 is 20.7 Å². The third-order valence-corrected chi connectivity index (χ3v) is 3.81. The number of carbonyl (C=O) groups is 1. The highest BCUT2D eigenvalue weighted by atomic mass is 19.1. The van der Waals surface area contributed by atoms with E-state index in [9.17, 15) is 14.3 Å². The maximum Gasteiger partial charge on any atom is 0.267 e. The molecule has 0 saturated heterocycles. The molecule has 7 heteroatoms. The summed E-state index contributed by atoms with van der Waals surface area (Å²) in [7, 11) is 0. The number of aliphatic hydroxyl groups is 1. The van der Waals surface area contributed by atoms with Crippen LogP contribution in [0.1, 0.15) is 16.1 Å². The van der Waals surface area contributed by atoms with Gasteiger partial charge in [0.15, 0.2) is 0 Å². The molecule has 2 aromatic heterocycles. The van der Waals surface area contributed by atoms with Gasteiger partial charge in [0.25, 0.3) is 5.91 Å². The van der Waals surface area contributed by atoms with E-state index in [-0.39, 0.29) is 24.5 Å². The van der Waals surface area contributed by atoms with Crippen LogP contribution in [0.15, 0.2) is 36.7 Å². The molecular weight excluding hydrogens is 311 g/mol. The zero-order valence-corrected chi connectivity index (χ0v) is 13.1. The molecule has 0 aliphatic carbocycles. The number of nitrogens with zero attached hydrogens (tertiary/aromatic N) is 2. The molecule has 0 atom stereocenters. The van der Waals surface area contributed by atoms with Crippen molar-refractivity contribution in [1.82, 2.24) is 9.55 Å². The number of halogens is 1. The lowest BCUT2D eigenvalue weighted by molar-refractivity contribution is 0.0991. The molecule has 0 radical (unpaired) electrons. The lowest BCUT2D eigenvalue weighted by atomic mass is 10.2. The van der Waals surface area contributed by atoms with Gasteiger partial charge in [0.1, 0.15) is 11.5 Å². The number of pyridine rings is 1. The Balaban J connectivity index is 2.22. The smallest absolute Gasteiger partial charge is 0.267 e. The van der Waals surface area contributed by atoms with Crippen molar-refractivity contribution >= 4 is 28.2 Å². The first-order chi connectivity index (χ1) is 11.5. The van der Waals surface area contributed by atoms with Gasteiger partial charge in [-0.2, -0.15) is 0 Å². The summed E-state index contributed by atoms with van der Waals surface area (Å²) in [4.78, 5) is 16.0. The lowest BCUT2D eigenvalue weighted by Gasteiger charge is -2.10. The SMILES string of the molecule is Cc1ccc(Nc2c(C(N)=O)n(CCO)c3ccncc23)c(F)c1. The molecule has 4 N–H and O–H groups in total. The molecule has 0 spiro atoms. The van der Waals surface area contributed by atoms with Gasteiger partial charge in [0.05, 0.1) is 23.5 Å². The van der Waals surface area contributed by atoms with Crippen LogP contribution in [0, 0.1) is 12.7 Å². The van der Waals surface area contributed by atoms with Crippen LogP contribution in [0.3, 0.4) is 0 Å². The van der Waals surface area contributed by atoms with Gasteiger partial charge in [0.2, 0.25) is 0 Å². The first-order valence-electron chi connectivity index (χ1n) is 7.43. The van der Waals surface area contributed by atoms with Gasteiger partial charge in [-0.15, -0.1) is 0 Å². The second-order valence-electron chi connectivity index (χ2n) is 5.46. The van der Waals surface area contributed by atoms with Crippen molar-refractivity contribution in [3.63, 3.8) is 0 Å². The average molecular weight is 328 g/mol. The number of primary amides is 1. The van der Waals surface area contributed by atoms with Crippen LogP contribution in [0.4, 0.5) is 15.8 Å². The number of benzene rings is 1. The van der Waals surface area contributed by atoms with E-state index in [0.717, 1.165) is 5.56 Å². The summed E-state index contributed by atoms with van der Waals surface area (Å²) >= 11 is 0. The summed E-state index contributed by atoms with van der Waals surface area (Å²) in [6.45, 7) is 1.82. The minimum atomic E-state index is -0.672. The van der Waals surface area contributed by atoms with E-state index in [1.54, 1.807) is 42.1 Å². The third kappa shape index (κ3) is 2.69. The van der Waals surface area contributed by atoms with E-state index in [0.29, 0.717) is 16.6 Å². The van der Waals surface area contributed by atoms with Crippen LogP contribution in [-0.4, -0.2) is 27.2 Å². The summed E-state index contributed by atoms with van der Waals surface area (Å²) in [5.41, 5.74) is 7.78. The molecule has 0 aliphatic rings. The van der Waals surface area contributed by atoms with Crippen molar-refractivity contribution in [2.75, 3.05) is 11.9 Å². The minimum absolute atomic E-state index is 0.162.